The molecule has 0 aromatic heterocycles. The second kappa shape index (κ2) is 7.07. The van der Waals surface area contributed by atoms with Crippen LogP contribution in [0.5, 0.6) is 0 Å². The third-order valence-corrected chi connectivity index (χ3v) is 5.29. The molecule has 122 valence electrons. The van der Waals surface area contributed by atoms with E-state index in [0.29, 0.717) is 13.1 Å². The predicted octanol–water partition coefficient (Wildman–Crippen LogP) is 0.292. The molecule has 1 amide bonds. The van der Waals surface area contributed by atoms with E-state index in [-0.39, 0.29) is 23.8 Å². The number of nitrogens with one attached hydrogen (secondary N) is 1. The van der Waals surface area contributed by atoms with Gasteiger partial charge in [0.2, 0.25) is 15.9 Å². The molecule has 7 heteroatoms. The van der Waals surface area contributed by atoms with Crippen molar-refractivity contribution in [3.8, 4) is 0 Å². The van der Waals surface area contributed by atoms with Crippen LogP contribution in [0.4, 0.5) is 0 Å². The zero-order valence-electron chi connectivity index (χ0n) is 12.8. The van der Waals surface area contributed by atoms with Crippen molar-refractivity contribution in [1.29, 1.82) is 0 Å². The normalized spacial score (nSPS) is 31.1. The Morgan fingerprint density at radius 2 is 1.95 bits per heavy atom. The third-order valence-electron chi connectivity index (χ3n) is 4.60. The lowest BCUT2D eigenvalue weighted by Crippen LogP contribution is -2.50. The van der Waals surface area contributed by atoms with Gasteiger partial charge in [-0.05, 0) is 31.6 Å². The fourth-order valence-electron chi connectivity index (χ4n) is 3.40. The standard InChI is InChI=1S/C14H27N3O3S/c1-21(19,20)16-9-11-5-4-8-17(10-11)14(18)12-6-2-3-7-13(12)15/h11-13,16H,2-10,15H2,1H3. The molecule has 0 radical (unpaired) electrons. The first-order chi connectivity index (χ1) is 9.87. The van der Waals surface area contributed by atoms with Crippen molar-refractivity contribution in [3.63, 3.8) is 0 Å². The molecule has 3 N–H and O–H groups in total. The number of nitrogens with two attached hydrogens (primary N) is 1. The number of likely N-dealkylation sites (tertiary alicyclic amines) is 1. The smallest absolute Gasteiger partial charge is 0.227 e. The van der Waals surface area contributed by atoms with Gasteiger partial charge in [-0.2, -0.15) is 0 Å². The first kappa shape index (κ1) is 16.7. The molecule has 0 aromatic carbocycles. The molecule has 0 spiro atoms. The summed E-state index contributed by atoms with van der Waals surface area (Å²) in [7, 11) is -3.16. The lowest BCUT2D eigenvalue weighted by Gasteiger charge is -2.37. The molecule has 1 saturated carbocycles. The predicted molar refractivity (Wildman–Crippen MR) is 82.1 cm³/mol. The Balaban J connectivity index is 1.89. The fourth-order valence-corrected chi connectivity index (χ4v) is 3.94. The highest BCUT2D eigenvalue weighted by Crippen LogP contribution is 2.27. The van der Waals surface area contributed by atoms with E-state index < -0.39 is 10.0 Å². The highest BCUT2D eigenvalue weighted by molar-refractivity contribution is 7.88. The molecule has 0 bridgehead atoms. The van der Waals surface area contributed by atoms with Crippen LogP contribution in [-0.4, -0.2) is 51.2 Å². The second-order valence-corrected chi connectivity index (χ2v) is 8.30. The zero-order valence-corrected chi connectivity index (χ0v) is 13.6. The van der Waals surface area contributed by atoms with Crippen LogP contribution in [0.2, 0.25) is 0 Å². The first-order valence-electron chi connectivity index (χ1n) is 7.86. The summed E-state index contributed by atoms with van der Waals surface area (Å²) in [4.78, 5) is 14.5. The van der Waals surface area contributed by atoms with Crippen molar-refractivity contribution in [3.05, 3.63) is 0 Å². The average molecular weight is 317 g/mol. The van der Waals surface area contributed by atoms with Crippen molar-refractivity contribution in [2.75, 3.05) is 25.9 Å². The number of piperidine rings is 1. The lowest BCUT2D eigenvalue weighted by atomic mass is 9.83. The molecule has 21 heavy (non-hydrogen) atoms. The van der Waals surface area contributed by atoms with Gasteiger partial charge in [-0.1, -0.05) is 12.8 Å². The van der Waals surface area contributed by atoms with Crippen molar-refractivity contribution < 1.29 is 13.2 Å². The maximum atomic E-state index is 12.6. The molecule has 0 aromatic rings. The molecule has 1 saturated heterocycles. The van der Waals surface area contributed by atoms with Gasteiger partial charge in [0.15, 0.2) is 0 Å². The minimum atomic E-state index is -3.16. The Bertz CT molecular complexity index is 466. The van der Waals surface area contributed by atoms with Crippen molar-refractivity contribution in [2.24, 2.45) is 17.6 Å². The van der Waals surface area contributed by atoms with Gasteiger partial charge in [-0.25, -0.2) is 13.1 Å². The number of hydrogen-bond donors (Lipinski definition) is 2. The summed E-state index contributed by atoms with van der Waals surface area (Å²) in [6.45, 7) is 1.83. The number of rotatable bonds is 4. The summed E-state index contributed by atoms with van der Waals surface area (Å²) in [5, 5.41) is 0. The Morgan fingerprint density at radius 1 is 1.24 bits per heavy atom. The zero-order chi connectivity index (χ0) is 15.5. The number of hydrogen-bond acceptors (Lipinski definition) is 4. The molecule has 1 aliphatic heterocycles. The topological polar surface area (TPSA) is 92.5 Å². The van der Waals surface area contributed by atoms with E-state index in [2.05, 4.69) is 4.72 Å². The fraction of sp³-hybridized carbons (Fsp3) is 0.929. The number of carbonyl (C=O) groups excluding carboxylic acids is 1. The Hall–Kier alpha value is -0.660. The van der Waals surface area contributed by atoms with Crippen LogP contribution < -0.4 is 10.5 Å². The molecule has 6 nitrogen and oxygen atoms in total. The SMILES string of the molecule is CS(=O)(=O)NCC1CCCN(C(=O)C2CCCCC2N)C1. The largest absolute Gasteiger partial charge is 0.342 e. The van der Waals surface area contributed by atoms with E-state index in [1.807, 2.05) is 4.90 Å². The number of carbonyl (C=O) groups is 1. The molecule has 2 rings (SSSR count). The van der Waals surface area contributed by atoms with Crippen LogP contribution in [0.3, 0.4) is 0 Å². The van der Waals surface area contributed by atoms with E-state index in [9.17, 15) is 13.2 Å². The van der Waals surface area contributed by atoms with Crippen LogP contribution in [0.15, 0.2) is 0 Å². The summed E-state index contributed by atoms with van der Waals surface area (Å²) < 4.78 is 24.9. The highest BCUT2D eigenvalue weighted by atomic mass is 32.2. The summed E-state index contributed by atoms with van der Waals surface area (Å²) in [6, 6.07) is -0.0132. The molecule has 2 aliphatic rings. The van der Waals surface area contributed by atoms with E-state index >= 15 is 0 Å². The van der Waals surface area contributed by atoms with Crippen LogP contribution >= 0.6 is 0 Å². The molecular weight excluding hydrogens is 290 g/mol. The molecule has 1 aliphatic carbocycles. The maximum Gasteiger partial charge on any atom is 0.227 e. The first-order valence-corrected chi connectivity index (χ1v) is 9.75. The Labute approximate surface area is 127 Å². The van der Waals surface area contributed by atoms with Crippen LogP contribution in [0.1, 0.15) is 38.5 Å². The van der Waals surface area contributed by atoms with Crippen molar-refractivity contribution in [2.45, 2.75) is 44.6 Å². The quantitative estimate of drug-likeness (QED) is 0.779. The Morgan fingerprint density at radius 3 is 2.62 bits per heavy atom. The molecule has 3 atom stereocenters. The van der Waals surface area contributed by atoms with Gasteiger partial charge in [-0.15, -0.1) is 0 Å². The van der Waals surface area contributed by atoms with E-state index in [1.165, 1.54) is 6.26 Å². The minimum absolute atomic E-state index is 0.0132. The van der Waals surface area contributed by atoms with Crippen LogP contribution in [-0.2, 0) is 14.8 Å². The second-order valence-electron chi connectivity index (χ2n) is 6.47. The number of nitrogens with zero attached hydrogens (tertiary/aromatic N) is 1. The third kappa shape index (κ3) is 4.93. The molecule has 1 heterocycles. The van der Waals surface area contributed by atoms with E-state index in [1.54, 1.807) is 0 Å². The minimum Gasteiger partial charge on any atom is -0.342 e. The van der Waals surface area contributed by atoms with E-state index in [4.69, 9.17) is 5.73 Å². The highest BCUT2D eigenvalue weighted by Gasteiger charge is 2.33. The van der Waals surface area contributed by atoms with Crippen molar-refractivity contribution >= 4 is 15.9 Å². The van der Waals surface area contributed by atoms with Gasteiger partial charge < -0.3 is 10.6 Å². The van der Waals surface area contributed by atoms with Gasteiger partial charge in [-0.3, -0.25) is 4.79 Å². The van der Waals surface area contributed by atoms with Gasteiger partial charge in [0.1, 0.15) is 0 Å². The number of amides is 1. The van der Waals surface area contributed by atoms with Gasteiger partial charge in [0.05, 0.1) is 12.2 Å². The van der Waals surface area contributed by atoms with Gasteiger partial charge >= 0.3 is 0 Å². The molecular formula is C14H27N3O3S. The average Bonchev–Trinajstić information content (AvgIpc) is 2.44. The summed E-state index contributed by atoms with van der Waals surface area (Å²) in [6.07, 6.45) is 7.08. The monoisotopic (exact) mass is 317 g/mol. The van der Waals surface area contributed by atoms with Crippen LogP contribution in [0.25, 0.3) is 0 Å². The molecule has 3 unspecified atom stereocenters. The summed E-state index contributed by atoms with van der Waals surface area (Å²) >= 11 is 0. The summed E-state index contributed by atoms with van der Waals surface area (Å²) in [5.74, 6) is 0.337. The van der Waals surface area contributed by atoms with E-state index in [0.717, 1.165) is 45.1 Å². The number of sulfonamides is 1. The molecule has 2 fully saturated rings. The maximum absolute atomic E-state index is 12.6. The van der Waals surface area contributed by atoms with Crippen molar-refractivity contribution in [1.82, 2.24) is 9.62 Å². The van der Waals surface area contributed by atoms with Gasteiger partial charge in [0, 0.05) is 25.7 Å². The van der Waals surface area contributed by atoms with Crippen LogP contribution in [0, 0.1) is 11.8 Å². The Kier molecular flexibility index (Phi) is 5.62. The summed E-state index contributed by atoms with van der Waals surface area (Å²) in [5.41, 5.74) is 6.10. The van der Waals surface area contributed by atoms with Gasteiger partial charge in [0.25, 0.3) is 0 Å². The lowest BCUT2D eigenvalue weighted by molar-refractivity contribution is -0.138.